The van der Waals surface area contributed by atoms with E-state index in [0.717, 1.165) is 19.3 Å². The van der Waals surface area contributed by atoms with E-state index in [-0.39, 0.29) is 11.1 Å². The number of unbranched alkanes of at least 4 members (excludes halogenated alkanes) is 9. The van der Waals surface area contributed by atoms with Gasteiger partial charge in [0.15, 0.2) is 11.5 Å². The summed E-state index contributed by atoms with van der Waals surface area (Å²) in [4.78, 5) is 23.7. The molecule has 0 aromatic rings. The quantitative estimate of drug-likeness (QED) is 0.238. The summed E-state index contributed by atoms with van der Waals surface area (Å²) in [6.07, 6.45) is 17.5. The van der Waals surface area contributed by atoms with Crippen LogP contribution < -0.4 is 0 Å². The van der Waals surface area contributed by atoms with Crippen LogP contribution in [0.4, 0.5) is 0 Å². The van der Waals surface area contributed by atoms with Gasteiger partial charge in [0.25, 0.3) is 0 Å². The molecular formula is C22H34O4. The average Bonchev–Trinajstić information content (AvgIpc) is 2.64. The fraction of sp³-hybridized carbons (Fsp3) is 0.636. The normalized spacial score (nSPS) is 15.6. The summed E-state index contributed by atoms with van der Waals surface area (Å²) in [7, 11) is 0. The second-order valence-corrected chi connectivity index (χ2v) is 7.09. The highest BCUT2D eigenvalue weighted by Gasteiger charge is 2.31. The molecule has 0 saturated carbocycles. The van der Waals surface area contributed by atoms with Gasteiger partial charge in [0.05, 0.1) is 0 Å². The third kappa shape index (κ3) is 7.19. The molecule has 4 nitrogen and oxygen atoms in total. The maximum Gasteiger partial charge on any atom is 0.227 e. The van der Waals surface area contributed by atoms with Gasteiger partial charge in [-0.3, -0.25) is 9.59 Å². The predicted molar refractivity (Wildman–Crippen MR) is 105 cm³/mol. The van der Waals surface area contributed by atoms with Crippen LogP contribution in [0.15, 0.2) is 34.8 Å². The fourth-order valence-electron chi connectivity index (χ4n) is 3.08. The number of aliphatic hydroxyl groups is 2. The Balaban J connectivity index is 2.10. The molecule has 0 amide bonds. The van der Waals surface area contributed by atoms with Gasteiger partial charge in [0.2, 0.25) is 11.6 Å². The van der Waals surface area contributed by atoms with Gasteiger partial charge in [-0.25, -0.2) is 0 Å². The molecule has 0 aromatic heterocycles. The molecule has 4 heteroatoms. The molecule has 1 aliphatic rings. The summed E-state index contributed by atoms with van der Waals surface area (Å²) in [5, 5.41) is 19.5. The zero-order chi connectivity index (χ0) is 19.4. The highest BCUT2D eigenvalue weighted by Crippen LogP contribution is 2.25. The minimum Gasteiger partial charge on any atom is -0.504 e. The van der Waals surface area contributed by atoms with Gasteiger partial charge in [0.1, 0.15) is 0 Å². The standard InChI is InChI=1S/C22H34O4/c1-3-4-5-6-7-8-9-10-11-12-13-14-15-16-18-21(25)19(23)17(2)20(24)22(18)26/h6-7,23,26H,3-5,8-16H2,1-2H3/b7-6+. The Morgan fingerprint density at radius 1 is 0.731 bits per heavy atom. The van der Waals surface area contributed by atoms with Crippen molar-refractivity contribution in [3.05, 3.63) is 34.8 Å². The van der Waals surface area contributed by atoms with Crippen molar-refractivity contribution in [2.24, 2.45) is 0 Å². The number of ketones is 2. The van der Waals surface area contributed by atoms with Crippen LogP contribution in [0.3, 0.4) is 0 Å². The smallest absolute Gasteiger partial charge is 0.227 e. The molecule has 0 spiro atoms. The van der Waals surface area contributed by atoms with Crippen molar-refractivity contribution < 1.29 is 19.8 Å². The number of aliphatic hydroxyl groups excluding tert-OH is 2. The monoisotopic (exact) mass is 362 g/mol. The van der Waals surface area contributed by atoms with E-state index in [1.54, 1.807) is 0 Å². The molecule has 0 aliphatic heterocycles. The van der Waals surface area contributed by atoms with E-state index in [9.17, 15) is 19.8 Å². The van der Waals surface area contributed by atoms with E-state index in [1.165, 1.54) is 58.3 Å². The first-order chi connectivity index (χ1) is 12.5. The number of allylic oxidation sites excluding steroid dienone is 4. The van der Waals surface area contributed by atoms with Gasteiger partial charge in [-0.1, -0.05) is 64.0 Å². The lowest BCUT2D eigenvalue weighted by atomic mass is 9.91. The fourth-order valence-corrected chi connectivity index (χ4v) is 3.08. The number of hydrogen-bond acceptors (Lipinski definition) is 4. The van der Waals surface area contributed by atoms with E-state index < -0.39 is 23.1 Å². The summed E-state index contributed by atoms with van der Waals surface area (Å²) in [6, 6.07) is 0. The minimum atomic E-state index is -0.638. The second kappa shape index (κ2) is 12.5. The van der Waals surface area contributed by atoms with Crippen LogP contribution in [0.25, 0.3) is 0 Å². The summed E-state index contributed by atoms with van der Waals surface area (Å²) in [6.45, 7) is 3.56. The van der Waals surface area contributed by atoms with Crippen molar-refractivity contribution in [2.75, 3.05) is 0 Å². The Morgan fingerprint density at radius 3 is 1.88 bits per heavy atom. The molecule has 0 aromatic carbocycles. The molecule has 1 rings (SSSR count). The van der Waals surface area contributed by atoms with E-state index in [2.05, 4.69) is 19.1 Å². The van der Waals surface area contributed by atoms with Crippen LogP contribution in [0, 0.1) is 0 Å². The Bertz CT molecular complexity index is 567. The summed E-state index contributed by atoms with van der Waals surface area (Å²) >= 11 is 0. The van der Waals surface area contributed by atoms with Gasteiger partial charge in [-0.2, -0.15) is 0 Å². The Kier molecular flexibility index (Phi) is 10.7. The Labute approximate surface area is 157 Å². The molecular weight excluding hydrogens is 328 g/mol. The van der Waals surface area contributed by atoms with E-state index in [1.807, 2.05) is 0 Å². The van der Waals surface area contributed by atoms with Gasteiger partial charge in [0, 0.05) is 11.1 Å². The largest absolute Gasteiger partial charge is 0.504 e. The zero-order valence-corrected chi connectivity index (χ0v) is 16.4. The Morgan fingerprint density at radius 2 is 1.27 bits per heavy atom. The summed E-state index contributed by atoms with van der Waals surface area (Å²) < 4.78 is 0. The molecule has 146 valence electrons. The molecule has 0 bridgehead atoms. The van der Waals surface area contributed by atoms with Crippen LogP contribution >= 0.6 is 0 Å². The van der Waals surface area contributed by atoms with Crippen molar-refractivity contribution in [3.8, 4) is 0 Å². The maximum atomic E-state index is 12.0. The molecule has 0 saturated heterocycles. The van der Waals surface area contributed by atoms with E-state index in [0.29, 0.717) is 6.42 Å². The summed E-state index contributed by atoms with van der Waals surface area (Å²) in [5.74, 6) is -2.25. The molecule has 26 heavy (non-hydrogen) atoms. The highest BCUT2D eigenvalue weighted by molar-refractivity contribution is 6.22. The van der Waals surface area contributed by atoms with Gasteiger partial charge < -0.3 is 10.2 Å². The number of hydrogen-bond donors (Lipinski definition) is 2. The number of carbonyl (C=O) groups excluding carboxylic acids is 2. The third-order valence-electron chi connectivity index (χ3n) is 4.87. The van der Waals surface area contributed by atoms with Crippen molar-refractivity contribution in [1.29, 1.82) is 0 Å². The van der Waals surface area contributed by atoms with E-state index >= 15 is 0 Å². The average molecular weight is 363 g/mol. The lowest BCUT2D eigenvalue weighted by Gasteiger charge is -2.15. The van der Waals surface area contributed by atoms with Crippen LogP contribution in [0.5, 0.6) is 0 Å². The molecule has 0 heterocycles. The predicted octanol–water partition coefficient (Wildman–Crippen LogP) is 6.04. The van der Waals surface area contributed by atoms with E-state index in [4.69, 9.17) is 0 Å². The first-order valence-corrected chi connectivity index (χ1v) is 10.1. The van der Waals surface area contributed by atoms with Gasteiger partial charge >= 0.3 is 0 Å². The topological polar surface area (TPSA) is 74.6 Å². The van der Waals surface area contributed by atoms with Crippen LogP contribution in [-0.2, 0) is 9.59 Å². The molecule has 2 N–H and O–H groups in total. The van der Waals surface area contributed by atoms with Crippen molar-refractivity contribution in [3.63, 3.8) is 0 Å². The first-order valence-electron chi connectivity index (χ1n) is 10.1. The third-order valence-corrected chi connectivity index (χ3v) is 4.87. The number of carbonyl (C=O) groups is 2. The molecule has 0 radical (unpaired) electrons. The maximum absolute atomic E-state index is 12.0. The van der Waals surface area contributed by atoms with Crippen LogP contribution in [0.1, 0.15) is 90.9 Å². The van der Waals surface area contributed by atoms with Crippen molar-refractivity contribution in [2.45, 2.75) is 90.9 Å². The molecule has 1 aliphatic carbocycles. The van der Waals surface area contributed by atoms with Gasteiger partial charge in [-0.05, 0) is 39.0 Å². The van der Waals surface area contributed by atoms with Crippen LogP contribution in [0.2, 0.25) is 0 Å². The van der Waals surface area contributed by atoms with Crippen molar-refractivity contribution >= 4 is 11.6 Å². The summed E-state index contributed by atoms with van der Waals surface area (Å²) in [5.41, 5.74) is -0.00980. The first kappa shape index (κ1) is 22.2. The van der Waals surface area contributed by atoms with Crippen LogP contribution in [-0.4, -0.2) is 21.8 Å². The molecule has 0 unspecified atom stereocenters. The lowest BCUT2D eigenvalue weighted by Crippen LogP contribution is -2.22. The van der Waals surface area contributed by atoms with Gasteiger partial charge in [-0.15, -0.1) is 0 Å². The minimum absolute atomic E-state index is 0.0629. The number of rotatable bonds is 13. The second-order valence-electron chi connectivity index (χ2n) is 7.09. The Hall–Kier alpha value is -1.84. The number of Topliss-reactive ketones (excluding diaryl/α,β-unsaturated/α-hetero) is 2. The highest BCUT2D eigenvalue weighted by atomic mass is 16.3. The molecule has 0 atom stereocenters. The molecule has 0 fully saturated rings. The van der Waals surface area contributed by atoms with Crippen molar-refractivity contribution in [1.82, 2.24) is 0 Å². The lowest BCUT2D eigenvalue weighted by molar-refractivity contribution is -0.120. The SMILES string of the molecule is CCCC/C=C/CCCCCCCCCC1=C(O)C(=O)C(C)=C(O)C1=O. The zero-order valence-electron chi connectivity index (χ0n) is 16.4.